The van der Waals surface area contributed by atoms with E-state index in [-0.39, 0.29) is 11.3 Å². The van der Waals surface area contributed by atoms with E-state index in [2.05, 4.69) is 6.92 Å². The summed E-state index contributed by atoms with van der Waals surface area (Å²) in [4.78, 5) is 12.9. The zero-order valence-electron chi connectivity index (χ0n) is 14.0. The number of ketones is 1. The van der Waals surface area contributed by atoms with Gasteiger partial charge in [-0.25, -0.2) is 0 Å². The molecule has 0 saturated carbocycles. The van der Waals surface area contributed by atoms with Crippen LogP contribution in [0.1, 0.15) is 47.3 Å². The first kappa shape index (κ1) is 17.4. The number of methoxy groups -OCH3 is 1. The lowest BCUT2D eigenvalue weighted by atomic mass is 9.94. The molecule has 0 aliphatic heterocycles. The molecule has 0 spiro atoms. The van der Waals surface area contributed by atoms with Crippen LogP contribution in [0.4, 0.5) is 0 Å². The summed E-state index contributed by atoms with van der Waals surface area (Å²) in [5.41, 5.74) is 2.71. The highest BCUT2D eigenvalue weighted by atomic mass is 28.2. The molecule has 2 aromatic carbocycles. The van der Waals surface area contributed by atoms with E-state index in [4.69, 9.17) is 9.16 Å². The number of hydrogen-bond donors (Lipinski definition) is 0. The third-order valence-corrected chi connectivity index (χ3v) is 6.02. The largest absolute Gasteiger partial charge is 0.496 e. The second-order valence-corrected chi connectivity index (χ2v) is 7.11. The van der Waals surface area contributed by atoms with Crippen LogP contribution < -0.4 is 4.74 Å². The molecule has 0 radical (unpaired) electrons. The first-order valence-electron chi connectivity index (χ1n) is 8.07. The average molecular weight is 328 g/mol. The Morgan fingerprint density at radius 3 is 2.43 bits per heavy atom. The predicted molar refractivity (Wildman–Crippen MR) is 96.1 cm³/mol. The van der Waals surface area contributed by atoms with Gasteiger partial charge in [-0.15, -0.1) is 0 Å². The Morgan fingerprint density at radius 1 is 1.09 bits per heavy atom. The Labute approximate surface area is 140 Å². The monoisotopic (exact) mass is 328 g/mol. The molecule has 2 aromatic rings. The lowest BCUT2D eigenvalue weighted by Gasteiger charge is -2.21. The summed E-state index contributed by atoms with van der Waals surface area (Å²) in [5, 5.41) is 0. The molecule has 0 aliphatic rings. The van der Waals surface area contributed by atoms with Gasteiger partial charge in [0.1, 0.15) is 5.75 Å². The van der Waals surface area contributed by atoms with Crippen LogP contribution in [0.25, 0.3) is 0 Å². The molecule has 0 aliphatic carbocycles. The van der Waals surface area contributed by atoms with Gasteiger partial charge in [-0.2, -0.15) is 0 Å². The Kier molecular flexibility index (Phi) is 6.56. The fourth-order valence-electron chi connectivity index (χ4n) is 2.75. The van der Waals surface area contributed by atoms with E-state index in [9.17, 15) is 4.79 Å². The summed E-state index contributed by atoms with van der Waals surface area (Å²) in [7, 11) is 0.888. The molecule has 0 bridgehead atoms. The van der Waals surface area contributed by atoms with Gasteiger partial charge in [0.2, 0.25) is 0 Å². The predicted octanol–water partition coefficient (Wildman–Crippen LogP) is 3.50. The number of hydrogen-bond acceptors (Lipinski definition) is 3. The normalized spacial score (nSPS) is 12.5. The molecule has 0 fully saturated rings. The summed E-state index contributed by atoms with van der Waals surface area (Å²) >= 11 is 0. The van der Waals surface area contributed by atoms with Crippen molar-refractivity contribution in [2.24, 2.45) is 0 Å². The van der Waals surface area contributed by atoms with Gasteiger partial charge in [-0.3, -0.25) is 4.79 Å². The molecule has 3 nitrogen and oxygen atoms in total. The summed E-state index contributed by atoms with van der Waals surface area (Å²) < 4.78 is 11.3. The maximum atomic E-state index is 12.9. The minimum Gasteiger partial charge on any atom is -0.496 e. The molecule has 0 aromatic heterocycles. The summed E-state index contributed by atoms with van der Waals surface area (Å²) in [5.74, 6) is 0.828. The van der Waals surface area contributed by atoms with Crippen LogP contribution in [0.3, 0.4) is 0 Å². The Bertz CT molecular complexity index is 640. The van der Waals surface area contributed by atoms with Gasteiger partial charge in [-0.05, 0) is 19.4 Å². The smallest absolute Gasteiger partial charge is 0.193 e. The van der Waals surface area contributed by atoms with Crippen LogP contribution in [-0.4, -0.2) is 29.3 Å². The van der Waals surface area contributed by atoms with Crippen molar-refractivity contribution in [1.29, 1.82) is 0 Å². The van der Waals surface area contributed by atoms with Crippen molar-refractivity contribution in [3.8, 4) is 5.75 Å². The molecule has 0 heterocycles. The zero-order chi connectivity index (χ0) is 16.7. The molecule has 4 heteroatoms. The third-order valence-electron chi connectivity index (χ3n) is 3.99. The van der Waals surface area contributed by atoms with Gasteiger partial charge in [0.15, 0.2) is 15.5 Å². The first-order chi connectivity index (χ1) is 11.2. The number of ether oxygens (including phenoxy) is 1. The first-order valence-corrected chi connectivity index (χ1v) is 9.46. The van der Waals surface area contributed by atoms with Gasteiger partial charge in [-0.1, -0.05) is 49.4 Å². The topological polar surface area (TPSA) is 35.5 Å². The number of carbonyl (C=O) groups is 1. The molecular weight excluding hydrogens is 304 g/mol. The average Bonchev–Trinajstić information content (AvgIpc) is 2.62. The van der Waals surface area contributed by atoms with Crippen LogP contribution >= 0.6 is 0 Å². The second-order valence-electron chi connectivity index (χ2n) is 5.38. The summed E-state index contributed by atoms with van der Waals surface area (Å²) in [6.07, 6.45) is 0.946. The van der Waals surface area contributed by atoms with Gasteiger partial charge in [0.05, 0.1) is 7.11 Å². The van der Waals surface area contributed by atoms with Gasteiger partial charge >= 0.3 is 0 Å². The van der Waals surface area contributed by atoms with Crippen molar-refractivity contribution < 1.29 is 14.0 Å². The SMILES string of the molecule is CCO[SiH2]C(CC)c1c(OC)cccc1C(=O)c1ccccc1. The van der Waals surface area contributed by atoms with Crippen molar-refractivity contribution in [2.45, 2.75) is 25.8 Å². The van der Waals surface area contributed by atoms with Gasteiger partial charge < -0.3 is 9.16 Å². The molecule has 122 valence electrons. The highest BCUT2D eigenvalue weighted by Crippen LogP contribution is 2.33. The molecule has 23 heavy (non-hydrogen) atoms. The van der Waals surface area contributed by atoms with E-state index < -0.39 is 9.76 Å². The number of rotatable bonds is 8. The molecule has 0 amide bonds. The molecule has 0 saturated heterocycles. The van der Waals surface area contributed by atoms with E-state index in [0.29, 0.717) is 5.56 Å². The second kappa shape index (κ2) is 8.65. The quantitative estimate of drug-likeness (QED) is 0.549. The number of benzene rings is 2. The van der Waals surface area contributed by atoms with Crippen molar-refractivity contribution in [2.75, 3.05) is 13.7 Å². The standard InChI is InChI=1S/C19H24O3Si/c1-4-17(23-22-5-2)18-15(12-9-13-16(18)21-3)19(20)14-10-7-6-8-11-14/h6-13,17H,4-5,23H2,1-3H3. The van der Waals surface area contributed by atoms with E-state index in [1.54, 1.807) is 7.11 Å². The third kappa shape index (κ3) is 4.09. The molecule has 1 atom stereocenters. The minimum absolute atomic E-state index is 0.0449. The fourth-order valence-corrected chi connectivity index (χ4v) is 4.10. The van der Waals surface area contributed by atoms with Crippen molar-refractivity contribution in [3.63, 3.8) is 0 Å². The van der Waals surface area contributed by atoms with Crippen molar-refractivity contribution >= 4 is 15.5 Å². The van der Waals surface area contributed by atoms with E-state index >= 15 is 0 Å². The van der Waals surface area contributed by atoms with Crippen LogP contribution in [0.15, 0.2) is 48.5 Å². The molecule has 0 N–H and O–H groups in total. The van der Waals surface area contributed by atoms with Crippen LogP contribution in [0, 0.1) is 0 Å². The molecule has 1 unspecified atom stereocenters. The van der Waals surface area contributed by atoms with Crippen molar-refractivity contribution in [3.05, 3.63) is 65.2 Å². The van der Waals surface area contributed by atoms with E-state index in [1.807, 2.05) is 55.5 Å². The highest BCUT2D eigenvalue weighted by Gasteiger charge is 2.23. The maximum Gasteiger partial charge on any atom is 0.193 e. The lowest BCUT2D eigenvalue weighted by molar-refractivity contribution is 0.103. The Hall–Kier alpha value is -1.91. The van der Waals surface area contributed by atoms with Crippen LogP contribution in [-0.2, 0) is 4.43 Å². The maximum absolute atomic E-state index is 12.9. The fraction of sp³-hybridized carbons (Fsp3) is 0.316. The minimum atomic E-state index is -0.769. The molecular formula is C19H24O3Si. The van der Waals surface area contributed by atoms with E-state index in [0.717, 1.165) is 29.9 Å². The van der Waals surface area contributed by atoms with Gasteiger partial charge in [0.25, 0.3) is 0 Å². The Balaban J connectivity index is 2.48. The number of carbonyl (C=O) groups excluding carboxylic acids is 1. The Morgan fingerprint density at radius 2 is 1.83 bits per heavy atom. The molecule has 2 rings (SSSR count). The zero-order valence-corrected chi connectivity index (χ0v) is 15.5. The lowest BCUT2D eigenvalue weighted by Crippen LogP contribution is -2.17. The van der Waals surface area contributed by atoms with Gasteiger partial charge in [0, 0.05) is 28.8 Å². The van der Waals surface area contributed by atoms with Crippen LogP contribution in [0.2, 0.25) is 0 Å². The van der Waals surface area contributed by atoms with Crippen LogP contribution in [0.5, 0.6) is 5.75 Å². The highest BCUT2D eigenvalue weighted by molar-refractivity contribution is 6.30. The summed E-state index contributed by atoms with van der Waals surface area (Å²) in [6, 6.07) is 15.1. The summed E-state index contributed by atoms with van der Waals surface area (Å²) in [6.45, 7) is 4.87. The van der Waals surface area contributed by atoms with Crippen molar-refractivity contribution in [1.82, 2.24) is 0 Å². The van der Waals surface area contributed by atoms with E-state index in [1.165, 1.54) is 0 Å².